The summed E-state index contributed by atoms with van der Waals surface area (Å²) in [5, 5.41) is 0. The van der Waals surface area contributed by atoms with Gasteiger partial charge < -0.3 is 14.1 Å². The standard InChI is InChI=1S/C30H32N2O3/c1-3-31(4-2)30(33)21-9-12-26-28(17-21)35-27-8-6-5-7-25(27)29(26)22-15-23-10-11-24(16-22)32(23)18-20-13-14-34-19-20/h5-9,12-14,17,19,23-24H,3-4,10-11,15-16,18H2,1-2H3. The Morgan fingerprint density at radius 1 is 0.971 bits per heavy atom. The Morgan fingerprint density at radius 2 is 1.71 bits per heavy atom. The van der Waals surface area contributed by atoms with Gasteiger partial charge in [0.2, 0.25) is 0 Å². The summed E-state index contributed by atoms with van der Waals surface area (Å²) >= 11 is 0. The SMILES string of the molecule is CCN(CC)C(=O)c1ccc2c(c1)Oc1ccccc1C2=C1CC2CCC(C1)N2Cc1ccoc1. The van der Waals surface area contributed by atoms with Gasteiger partial charge in [0.25, 0.3) is 5.91 Å². The fraction of sp³-hybridized carbons (Fsp3) is 0.367. The van der Waals surface area contributed by atoms with Crippen molar-refractivity contribution in [2.24, 2.45) is 0 Å². The lowest BCUT2D eigenvalue weighted by molar-refractivity contribution is 0.0772. The van der Waals surface area contributed by atoms with Gasteiger partial charge in [0.15, 0.2) is 0 Å². The third kappa shape index (κ3) is 3.88. The third-order valence-corrected chi connectivity index (χ3v) is 7.96. The minimum atomic E-state index is 0.0556. The lowest BCUT2D eigenvalue weighted by Crippen LogP contribution is -2.40. The molecule has 4 heterocycles. The molecule has 1 aromatic heterocycles. The predicted molar refractivity (Wildman–Crippen MR) is 137 cm³/mol. The van der Waals surface area contributed by atoms with Crippen molar-refractivity contribution in [3.8, 4) is 11.5 Å². The summed E-state index contributed by atoms with van der Waals surface area (Å²) in [6, 6.07) is 17.5. The first-order valence-electron chi connectivity index (χ1n) is 12.9. The second kappa shape index (κ2) is 9.04. The van der Waals surface area contributed by atoms with Gasteiger partial charge in [-0.1, -0.05) is 23.8 Å². The zero-order valence-electron chi connectivity index (χ0n) is 20.5. The van der Waals surface area contributed by atoms with E-state index in [-0.39, 0.29) is 5.91 Å². The fourth-order valence-electron chi connectivity index (χ4n) is 6.21. The molecule has 2 unspecified atom stereocenters. The first-order valence-corrected chi connectivity index (χ1v) is 12.9. The Hall–Kier alpha value is -3.31. The summed E-state index contributed by atoms with van der Waals surface area (Å²) in [4.78, 5) is 17.6. The molecule has 0 radical (unpaired) electrons. The molecule has 1 amide bonds. The molecular weight excluding hydrogens is 436 g/mol. The van der Waals surface area contributed by atoms with Crippen LogP contribution < -0.4 is 4.74 Å². The Bertz CT molecular complexity index is 1260. The Morgan fingerprint density at radius 3 is 2.43 bits per heavy atom. The lowest BCUT2D eigenvalue weighted by Gasteiger charge is -2.38. The predicted octanol–water partition coefficient (Wildman–Crippen LogP) is 6.50. The molecule has 2 bridgehead atoms. The maximum atomic E-state index is 13.0. The second-order valence-corrected chi connectivity index (χ2v) is 9.86. The molecule has 180 valence electrons. The van der Waals surface area contributed by atoms with Crippen LogP contribution in [0.15, 0.2) is 71.0 Å². The normalized spacial score (nSPS) is 20.9. The lowest BCUT2D eigenvalue weighted by atomic mass is 9.83. The molecule has 35 heavy (non-hydrogen) atoms. The van der Waals surface area contributed by atoms with Gasteiger partial charge in [-0.2, -0.15) is 0 Å². The summed E-state index contributed by atoms with van der Waals surface area (Å²) in [6.45, 7) is 6.39. The molecule has 2 atom stereocenters. The summed E-state index contributed by atoms with van der Waals surface area (Å²) < 4.78 is 11.7. The highest BCUT2D eigenvalue weighted by atomic mass is 16.5. The van der Waals surface area contributed by atoms with Crippen LogP contribution in [0.1, 0.15) is 66.6 Å². The summed E-state index contributed by atoms with van der Waals surface area (Å²) in [7, 11) is 0. The van der Waals surface area contributed by atoms with Gasteiger partial charge in [-0.15, -0.1) is 0 Å². The van der Waals surface area contributed by atoms with E-state index in [9.17, 15) is 4.79 Å². The van der Waals surface area contributed by atoms with Crippen LogP contribution in [0, 0.1) is 0 Å². The zero-order valence-corrected chi connectivity index (χ0v) is 20.5. The number of carbonyl (C=O) groups is 1. The first-order chi connectivity index (χ1) is 17.2. The summed E-state index contributed by atoms with van der Waals surface area (Å²) in [5.74, 6) is 1.72. The number of hydrogen-bond acceptors (Lipinski definition) is 4. The number of nitrogens with zero attached hydrogens (tertiary/aromatic N) is 2. The highest BCUT2D eigenvalue weighted by molar-refractivity contribution is 5.97. The maximum Gasteiger partial charge on any atom is 0.253 e. The molecule has 3 aromatic rings. The van der Waals surface area contributed by atoms with Gasteiger partial charge >= 0.3 is 0 Å². The van der Waals surface area contributed by atoms with Gasteiger partial charge in [-0.25, -0.2) is 0 Å². The van der Waals surface area contributed by atoms with Crippen molar-refractivity contribution in [1.82, 2.24) is 9.80 Å². The van der Waals surface area contributed by atoms with Crippen molar-refractivity contribution in [3.05, 3.63) is 88.9 Å². The van der Waals surface area contributed by atoms with Crippen molar-refractivity contribution in [2.45, 2.75) is 58.2 Å². The van der Waals surface area contributed by atoms with Gasteiger partial charge in [-0.3, -0.25) is 9.69 Å². The van der Waals surface area contributed by atoms with Crippen LogP contribution in [0.4, 0.5) is 0 Å². The highest BCUT2D eigenvalue weighted by Crippen LogP contribution is 2.50. The monoisotopic (exact) mass is 468 g/mol. The van der Waals surface area contributed by atoms with E-state index in [1.807, 2.05) is 49.3 Å². The van der Waals surface area contributed by atoms with Crippen molar-refractivity contribution in [3.63, 3.8) is 0 Å². The number of amides is 1. The molecule has 2 saturated heterocycles. The smallest absolute Gasteiger partial charge is 0.253 e. The number of furan rings is 1. The first kappa shape index (κ1) is 22.2. The molecule has 5 heteroatoms. The van der Waals surface area contributed by atoms with E-state index in [4.69, 9.17) is 9.15 Å². The molecule has 0 N–H and O–H groups in total. The molecule has 3 aliphatic heterocycles. The molecule has 2 aromatic carbocycles. The number of benzene rings is 2. The molecule has 0 spiro atoms. The summed E-state index contributed by atoms with van der Waals surface area (Å²) in [6.07, 6.45) is 8.25. The maximum absolute atomic E-state index is 13.0. The van der Waals surface area contributed by atoms with E-state index >= 15 is 0 Å². The number of ether oxygens (including phenoxy) is 1. The van der Waals surface area contributed by atoms with E-state index < -0.39 is 0 Å². The number of carbonyl (C=O) groups excluding carboxylic acids is 1. The third-order valence-electron chi connectivity index (χ3n) is 7.96. The van der Waals surface area contributed by atoms with E-state index in [1.165, 1.54) is 35.1 Å². The van der Waals surface area contributed by atoms with Crippen LogP contribution >= 0.6 is 0 Å². The van der Waals surface area contributed by atoms with Crippen LogP contribution in [0.25, 0.3) is 5.57 Å². The van der Waals surface area contributed by atoms with Crippen LogP contribution in [-0.2, 0) is 6.54 Å². The number of fused-ring (bicyclic) bond motifs is 4. The number of hydrogen-bond donors (Lipinski definition) is 0. The molecule has 2 fully saturated rings. The molecule has 0 saturated carbocycles. The number of rotatable bonds is 5. The average Bonchev–Trinajstić information content (AvgIpc) is 3.47. The largest absolute Gasteiger partial charge is 0.472 e. The van der Waals surface area contributed by atoms with E-state index in [1.54, 1.807) is 6.26 Å². The molecule has 3 aliphatic rings. The highest BCUT2D eigenvalue weighted by Gasteiger charge is 2.40. The second-order valence-electron chi connectivity index (χ2n) is 9.86. The molecular formula is C30H32N2O3. The van der Waals surface area contributed by atoms with Crippen molar-refractivity contribution >= 4 is 11.5 Å². The van der Waals surface area contributed by atoms with E-state index in [0.29, 0.717) is 30.7 Å². The topological polar surface area (TPSA) is 45.9 Å². The average molecular weight is 469 g/mol. The van der Waals surface area contributed by atoms with Crippen LogP contribution in [0.3, 0.4) is 0 Å². The Labute approximate surface area is 207 Å². The van der Waals surface area contributed by atoms with Crippen molar-refractivity contribution in [2.75, 3.05) is 13.1 Å². The van der Waals surface area contributed by atoms with Crippen molar-refractivity contribution < 1.29 is 13.9 Å². The molecule has 5 nitrogen and oxygen atoms in total. The van der Waals surface area contributed by atoms with Crippen LogP contribution in [0.2, 0.25) is 0 Å². The van der Waals surface area contributed by atoms with Crippen LogP contribution in [0.5, 0.6) is 11.5 Å². The minimum Gasteiger partial charge on any atom is -0.472 e. The Balaban J connectivity index is 1.38. The number of piperidine rings is 1. The molecule has 6 rings (SSSR count). The van der Waals surface area contributed by atoms with Gasteiger partial charge in [0, 0.05) is 54.0 Å². The van der Waals surface area contributed by atoms with Crippen LogP contribution in [-0.4, -0.2) is 40.9 Å². The Kier molecular flexibility index (Phi) is 5.73. The van der Waals surface area contributed by atoms with Crippen molar-refractivity contribution in [1.29, 1.82) is 0 Å². The quantitative estimate of drug-likeness (QED) is 0.336. The van der Waals surface area contributed by atoms with Gasteiger partial charge in [0.05, 0.1) is 12.5 Å². The zero-order chi connectivity index (χ0) is 23.9. The van der Waals surface area contributed by atoms with Gasteiger partial charge in [0.1, 0.15) is 11.5 Å². The van der Waals surface area contributed by atoms with E-state index in [0.717, 1.165) is 36.4 Å². The van der Waals surface area contributed by atoms with E-state index in [2.05, 4.69) is 29.2 Å². The van der Waals surface area contributed by atoms with Gasteiger partial charge in [-0.05, 0) is 75.4 Å². The fourth-order valence-corrected chi connectivity index (χ4v) is 6.21. The summed E-state index contributed by atoms with van der Waals surface area (Å²) in [5.41, 5.74) is 7.04. The minimum absolute atomic E-state index is 0.0556. The molecule has 0 aliphatic carbocycles. The number of para-hydroxylation sites is 1.